The third-order valence-corrected chi connectivity index (χ3v) is 5.15. The van der Waals surface area contributed by atoms with E-state index in [0.717, 1.165) is 16.0 Å². The van der Waals surface area contributed by atoms with Crippen molar-refractivity contribution in [2.45, 2.75) is 5.92 Å². The van der Waals surface area contributed by atoms with E-state index in [1.54, 1.807) is 6.07 Å². The molecule has 2 aromatic carbocycles. The van der Waals surface area contributed by atoms with E-state index in [-0.39, 0.29) is 5.92 Å². The summed E-state index contributed by atoms with van der Waals surface area (Å²) in [4.78, 5) is 13.0. The lowest BCUT2D eigenvalue weighted by Crippen LogP contribution is -2.08. The monoisotopic (exact) mass is 361 g/mol. The molecule has 0 bridgehead atoms. The first kappa shape index (κ1) is 16.1. The second-order valence-electron chi connectivity index (χ2n) is 5.11. The standard InChI is InChI=1S/C18H13Cl2NOS/c19-13-5-1-3-11(9-13)17(12-4-2-6-14(20)10-12)15-7-8-16(23-15)18(21)22/h1-10,17H,(H2,21,22). The fourth-order valence-corrected chi connectivity index (χ4v) is 3.95. The summed E-state index contributed by atoms with van der Waals surface area (Å²) in [7, 11) is 0. The summed E-state index contributed by atoms with van der Waals surface area (Å²) >= 11 is 13.7. The highest BCUT2D eigenvalue weighted by molar-refractivity contribution is 7.14. The van der Waals surface area contributed by atoms with Crippen molar-refractivity contribution in [2.24, 2.45) is 5.73 Å². The lowest BCUT2D eigenvalue weighted by atomic mass is 9.90. The minimum atomic E-state index is -0.419. The maximum absolute atomic E-state index is 11.4. The first-order valence-corrected chi connectivity index (χ1v) is 8.52. The van der Waals surface area contributed by atoms with Crippen LogP contribution in [0, 0.1) is 0 Å². The van der Waals surface area contributed by atoms with E-state index in [9.17, 15) is 4.79 Å². The van der Waals surface area contributed by atoms with Gasteiger partial charge in [0.1, 0.15) is 0 Å². The van der Waals surface area contributed by atoms with Crippen LogP contribution in [-0.2, 0) is 0 Å². The van der Waals surface area contributed by atoms with E-state index in [1.165, 1.54) is 11.3 Å². The third kappa shape index (κ3) is 3.58. The zero-order valence-corrected chi connectivity index (χ0v) is 14.3. The van der Waals surface area contributed by atoms with Crippen molar-refractivity contribution in [2.75, 3.05) is 0 Å². The van der Waals surface area contributed by atoms with E-state index >= 15 is 0 Å². The van der Waals surface area contributed by atoms with Gasteiger partial charge < -0.3 is 5.73 Å². The van der Waals surface area contributed by atoms with Crippen LogP contribution in [0.15, 0.2) is 60.7 Å². The van der Waals surface area contributed by atoms with Crippen LogP contribution in [0.25, 0.3) is 0 Å². The molecule has 23 heavy (non-hydrogen) atoms. The van der Waals surface area contributed by atoms with Gasteiger partial charge in [0.15, 0.2) is 0 Å². The van der Waals surface area contributed by atoms with Gasteiger partial charge >= 0.3 is 0 Å². The van der Waals surface area contributed by atoms with Gasteiger partial charge in [-0.05, 0) is 47.5 Å². The topological polar surface area (TPSA) is 43.1 Å². The Morgan fingerprint density at radius 3 is 1.91 bits per heavy atom. The lowest BCUT2D eigenvalue weighted by molar-refractivity contribution is 0.100. The van der Waals surface area contributed by atoms with Gasteiger partial charge in [0.2, 0.25) is 0 Å². The molecule has 1 amide bonds. The quantitative estimate of drug-likeness (QED) is 0.669. The van der Waals surface area contributed by atoms with Crippen LogP contribution in [-0.4, -0.2) is 5.91 Å². The Hall–Kier alpha value is -1.81. The second kappa shape index (κ2) is 6.75. The molecule has 5 heteroatoms. The highest BCUT2D eigenvalue weighted by Crippen LogP contribution is 2.37. The Bertz CT molecular complexity index is 814. The molecule has 0 spiro atoms. The Morgan fingerprint density at radius 1 is 0.913 bits per heavy atom. The molecule has 0 aliphatic heterocycles. The molecule has 0 radical (unpaired) electrons. The van der Waals surface area contributed by atoms with Crippen LogP contribution in [0.5, 0.6) is 0 Å². The summed E-state index contributed by atoms with van der Waals surface area (Å²) in [6.45, 7) is 0. The van der Waals surface area contributed by atoms with Gasteiger partial charge in [0, 0.05) is 20.8 Å². The molecule has 116 valence electrons. The van der Waals surface area contributed by atoms with Gasteiger partial charge in [-0.1, -0.05) is 47.5 Å². The molecule has 1 heterocycles. The normalized spacial score (nSPS) is 10.9. The number of hydrogen-bond acceptors (Lipinski definition) is 2. The summed E-state index contributed by atoms with van der Waals surface area (Å²) in [5.74, 6) is -0.470. The highest BCUT2D eigenvalue weighted by Gasteiger charge is 2.20. The van der Waals surface area contributed by atoms with Crippen molar-refractivity contribution in [3.63, 3.8) is 0 Å². The largest absolute Gasteiger partial charge is 0.365 e. The number of benzene rings is 2. The first-order chi connectivity index (χ1) is 11.0. The molecular formula is C18H13Cl2NOS. The van der Waals surface area contributed by atoms with Crippen LogP contribution in [0.4, 0.5) is 0 Å². The van der Waals surface area contributed by atoms with Gasteiger partial charge in [-0.2, -0.15) is 0 Å². The number of primary amides is 1. The molecule has 2 N–H and O–H groups in total. The SMILES string of the molecule is NC(=O)c1ccc(C(c2cccc(Cl)c2)c2cccc(Cl)c2)s1. The number of halogens is 2. The average molecular weight is 362 g/mol. The summed E-state index contributed by atoms with van der Waals surface area (Å²) in [6.07, 6.45) is 0. The van der Waals surface area contributed by atoms with Crippen LogP contribution in [0.2, 0.25) is 10.0 Å². The Balaban J connectivity index is 2.14. The maximum atomic E-state index is 11.4. The van der Waals surface area contributed by atoms with Crippen LogP contribution in [0.3, 0.4) is 0 Å². The third-order valence-electron chi connectivity index (χ3n) is 3.52. The smallest absolute Gasteiger partial charge is 0.258 e. The van der Waals surface area contributed by atoms with E-state index in [0.29, 0.717) is 14.9 Å². The predicted octanol–water partition coefficient (Wildman–Crippen LogP) is 5.33. The maximum Gasteiger partial charge on any atom is 0.258 e. The van der Waals surface area contributed by atoms with Crippen LogP contribution >= 0.6 is 34.5 Å². The number of nitrogens with two attached hydrogens (primary N) is 1. The van der Waals surface area contributed by atoms with Crippen LogP contribution < -0.4 is 5.73 Å². The fraction of sp³-hybridized carbons (Fsp3) is 0.0556. The number of amides is 1. The van der Waals surface area contributed by atoms with Crippen molar-refractivity contribution in [3.8, 4) is 0 Å². The molecule has 3 rings (SSSR count). The molecule has 0 saturated heterocycles. The molecule has 1 aromatic heterocycles. The van der Waals surface area contributed by atoms with Gasteiger partial charge in [0.05, 0.1) is 4.88 Å². The Morgan fingerprint density at radius 2 is 1.48 bits per heavy atom. The number of hydrogen-bond donors (Lipinski definition) is 1. The van der Waals surface area contributed by atoms with Gasteiger partial charge in [-0.3, -0.25) is 4.79 Å². The molecule has 3 aromatic rings. The lowest BCUT2D eigenvalue weighted by Gasteiger charge is -2.17. The summed E-state index contributed by atoms with van der Waals surface area (Å²) in [6, 6.07) is 19.1. The van der Waals surface area contributed by atoms with E-state index in [4.69, 9.17) is 28.9 Å². The highest BCUT2D eigenvalue weighted by atomic mass is 35.5. The van der Waals surface area contributed by atoms with Gasteiger partial charge in [-0.15, -0.1) is 11.3 Å². The first-order valence-electron chi connectivity index (χ1n) is 6.95. The summed E-state index contributed by atoms with van der Waals surface area (Å²) < 4.78 is 0. The summed E-state index contributed by atoms with van der Waals surface area (Å²) in [5, 5.41) is 1.34. The van der Waals surface area contributed by atoms with E-state index in [1.807, 2.05) is 54.6 Å². The zero-order chi connectivity index (χ0) is 16.4. The molecule has 0 fully saturated rings. The molecule has 0 atom stereocenters. The summed E-state index contributed by atoms with van der Waals surface area (Å²) in [5.41, 5.74) is 7.46. The minimum absolute atomic E-state index is 0.0505. The van der Waals surface area contributed by atoms with Crippen LogP contribution in [0.1, 0.15) is 31.6 Å². The number of rotatable bonds is 4. The Kier molecular flexibility index (Phi) is 4.71. The number of thiophene rings is 1. The average Bonchev–Trinajstić information content (AvgIpc) is 2.97. The molecule has 2 nitrogen and oxygen atoms in total. The van der Waals surface area contributed by atoms with Crippen molar-refractivity contribution < 1.29 is 4.79 Å². The van der Waals surface area contributed by atoms with Crippen molar-refractivity contribution in [1.82, 2.24) is 0 Å². The number of carbonyl (C=O) groups is 1. The van der Waals surface area contributed by atoms with Gasteiger partial charge in [0.25, 0.3) is 5.91 Å². The zero-order valence-electron chi connectivity index (χ0n) is 12.0. The Labute approximate surface area is 148 Å². The van der Waals surface area contributed by atoms with Crippen molar-refractivity contribution in [3.05, 3.63) is 91.6 Å². The van der Waals surface area contributed by atoms with E-state index in [2.05, 4.69) is 0 Å². The van der Waals surface area contributed by atoms with Crippen molar-refractivity contribution in [1.29, 1.82) is 0 Å². The molecule has 0 unspecified atom stereocenters. The fourth-order valence-electron chi connectivity index (χ4n) is 2.53. The van der Waals surface area contributed by atoms with E-state index < -0.39 is 5.91 Å². The van der Waals surface area contributed by atoms with Crippen molar-refractivity contribution >= 4 is 40.4 Å². The molecule has 0 aliphatic carbocycles. The second-order valence-corrected chi connectivity index (χ2v) is 7.10. The molecular weight excluding hydrogens is 349 g/mol. The predicted molar refractivity (Wildman–Crippen MR) is 96.7 cm³/mol. The number of carbonyl (C=O) groups excluding carboxylic acids is 1. The van der Waals surface area contributed by atoms with Gasteiger partial charge in [-0.25, -0.2) is 0 Å². The minimum Gasteiger partial charge on any atom is -0.365 e. The molecule has 0 aliphatic rings. The molecule has 0 saturated carbocycles.